The molecular weight excluding hydrogens is 267 g/mol. The SMILES string of the molecule is CNC(=O)C(C)NC(=O)c1cc(Cl)nnc1Cl. The lowest BCUT2D eigenvalue weighted by molar-refractivity contribution is -0.122. The molecule has 1 rings (SSSR count). The van der Waals surface area contributed by atoms with Crippen molar-refractivity contribution < 1.29 is 9.59 Å². The zero-order chi connectivity index (χ0) is 13.0. The van der Waals surface area contributed by atoms with E-state index in [9.17, 15) is 9.59 Å². The summed E-state index contributed by atoms with van der Waals surface area (Å²) in [5.74, 6) is -0.856. The van der Waals surface area contributed by atoms with Crippen molar-refractivity contribution in [2.45, 2.75) is 13.0 Å². The molecule has 2 N–H and O–H groups in total. The first kappa shape index (κ1) is 13.7. The van der Waals surface area contributed by atoms with E-state index in [4.69, 9.17) is 23.2 Å². The van der Waals surface area contributed by atoms with Gasteiger partial charge in [0.05, 0.1) is 5.56 Å². The van der Waals surface area contributed by atoms with Crippen LogP contribution in [0.1, 0.15) is 17.3 Å². The zero-order valence-corrected chi connectivity index (χ0v) is 10.6. The van der Waals surface area contributed by atoms with Crippen molar-refractivity contribution in [3.05, 3.63) is 21.9 Å². The smallest absolute Gasteiger partial charge is 0.255 e. The summed E-state index contributed by atoms with van der Waals surface area (Å²) in [6.45, 7) is 1.54. The summed E-state index contributed by atoms with van der Waals surface area (Å²) in [4.78, 5) is 23.0. The Morgan fingerprint density at radius 3 is 2.59 bits per heavy atom. The van der Waals surface area contributed by atoms with Gasteiger partial charge in [0.25, 0.3) is 5.91 Å². The minimum atomic E-state index is -0.685. The highest BCUT2D eigenvalue weighted by molar-refractivity contribution is 6.34. The number of amides is 2. The van der Waals surface area contributed by atoms with Crippen molar-refractivity contribution in [1.82, 2.24) is 20.8 Å². The van der Waals surface area contributed by atoms with Gasteiger partial charge in [-0.1, -0.05) is 23.2 Å². The molecule has 1 aromatic heterocycles. The molecule has 0 spiro atoms. The Hall–Kier alpha value is -1.40. The van der Waals surface area contributed by atoms with Gasteiger partial charge in [0, 0.05) is 7.05 Å². The van der Waals surface area contributed by atoms with Crippen LogP contribution in [0, 0.1) is 0 Å². The molecule has 0 aliphatic carbocycles. The van der Waals surface area contributed by atoms with Gasteiger partial charge in [-0.05, 0) is 13.0 Å². The second-order valence-electron chi connectivity index (χ2n) is 3.18. The van der Waals surface area contributed by atoms with E-state index in [1.807, 2.05) is 0 Å². The molecule has 0 radical (unpaired) electrons. The summed E-state index contributed by atoms with van der Waals surface area (Å²) >= 11 is 11.3. The van der Waals surface area contributed by atoms with Crippen LogP contribution in [0.2, 0.25) is 10.3 Å². The Balaban J connectivity index is 2.83. The molecular formula is C9H10Cl2N4O2. The molecule has 1 atom stereocenters. The number of hydrogen-bond acceptors (Lipinski definition) is 4. The summed E-state index contributed by atoms with van der Waals surface area (Å²) in [5.41, 5.74) is 0.0717. The fourth-order valence-corrected chi connectivity index (χ4v) is 1.39. The van der Waals surface area contributed by atoms with Crippen molar-refractivity contribution in [3.63, 3.8) is 0 Å². The average molecular weight is 277 g/mol. The Kier molecular flexibility index (Phi) is 4.65. The van der Waals surface area contributed by atoms with Crippen LogP contribution in [0.3, 0.4) is 0 Å². The van der Waals surface area contributed by atoms with Crippen LogP contribution in [0.25, 0.3) is 0 Å². The van der Waals surface area contributed by atoms with Gasteiger partial charge in [-0.3, -0.25) is 9.59 Å². The molecule has 0 aliphatic heterocycles. The predicted molar refractivity (Wildman–Crippen MR) is 63.0 cm³/mol. The first-order valence-corrected chi connectivity index (χ1v) is 5.42. The van der Waals surface area contributed by atoms with Gasteiger partial charge >= 0.3 is 0 Å². The molecule has 8 heteroatoms. The van der Waals surface area contributed by atoms with E-state index >= 15 is 0 Å². The summed E-state index contributed by atoms with van der Waals surface area (Å²) < 4.78 is 0. The standard InChI is InChI=1S/C9H10Cl2N4O2/c1-4(8(16)12-2)13-9(17)5-3-6(10)14-15-7(5)11/h3-4H,1-2H3,(H,12,16)(H,13,17). The highest BCUT2D eigenvalue weighted by Crippen LogP contribution is 2.15. The lowest BCUT2D eigenvalue weighted by Gasteiger charge is -2.12. The van der Waals surface area contributed by atoms with E-state index in [1.54, 1.807) is 6.92 Å². The normalized spacial score (nSPS) is 11.8. The van der Waals surface area contributed by atoms with Crippen molar-refractivity contribution in [3.8, 4) is 0 Å². The van der Waals surface area contributed by atoms with Gasteiger partial charge in [-0.25, -0.2) is 0 Å². The molecule has 0 saturated heterocycles. The number of aromatic nitrogens is 2. The van der Waals surface area contributed by atoms with Crippen molar-refractivity contribution in [1.29, 1.82) is 0 Å². The molecule has 17 heavy (non-hydrogen) atoms. The molecule has 0 aliphatic rings. The molecule has 0 bridgehead atoms. The Bertz CT molecular complexity index is 453. The quantitative estimate of drug-likeness (QED) is 0.849. The van der Waals surface area contributed by atoms with Crippen LogP contribution in [-0.2, 0) is 4.79 Å². The van der Waals surface area contributed by atoms with Crippen LogP contribution in [-0.4, -0.2) is 35.1 Å². The first-order valence-electron chi connectivity index (χ1n) is 4.67. The minimum absolute atomic E-state index is 0.0483. The van der Waals surface area contributed by atoms with Crippen LogP contribution in [0.4, 0.5) is 0 Å². The highest BCUT2D eigenvalue weighted by atomic mass is 35.5. The maximum atomic E-state index is 11.7. The van der Waals surface area contributed by atoms with Gasteiger partial charge < -0.3 is 10.6 Å². The third kappa shape index (κ3) is 3.54. The van der Waals surface area contributed by atoms with E-state index < -0.39 is 11.9 Å². The summed E-state index contributed by atoms with van der Waals surface area (Å²) in [7, 11) is 1.48. The van der Waals surface area contributed by atoms with Gasteiger partial charge in [0.15, 0.2) is 10.3 Å². The van der Waals surface area contributed by atoms with Gasteiger partial charge in [0.2, 0.25) is 5.91 Å². The number of hydrogen-bond donors (Lipinski definition) is 2. The van der Waals surface area contributed by atoms with Gasteiger partial charge in [-0.15, -0.1) is 10.2 Å². The number of likely N-dealkylation sites (N-methyl/N-ethyl adjacent to an activating group) is 1. The van der Waals surface area contributed by atoms with Crippen molar-refractivity contribution >= 4 is 35.0 Å². The molecule has 0 fully saturated rings. The predicted octanol–water partition coefficient (Wildman–Crippen LogP) is 0.648. The third-order valence-electron chi connectivity index (χ3n) is 1.95. The second-order valence-corrected chi connectivity index (χ2v) is 3.93. The number of nitrogens with one attached hydrogen (secondary N) is 2. The van der Waals surface area contributed by atoms with Crippen molar-refractivity contribution in [2.24, 2.45) is 0 Å². The number of halogens is 2. The minimum Gasteiger partial charge on any atom is -0.357 e. The average Bonchev–Trinajstić information content (AvgIpc) is 2.30. The maximum Gasteiger partial charge on any atom is 0.255 e. The molecule has 6 nitrogen and oxygen atoms in total. The molecule has 0 saturated carbocycles. The van der Waals surface area contributed by atoms with E-state index in [0.717, 1.165) is 0 Å². The van der Waals surface area contributed by atoms with Crippen LogP contribution in [0.5, 0.6) is 0 Å². The molecule has 1 heterocycles. The Labute approximate surface area is 108 Å². The Morgan fingerprint density at radius 2 is 2.00 bits per heavy atom. The van der Waals surface area contributed by atoms with Crippen LogP contribution in [0.15, 0.2) is 6.07 Å². The van der Waals surface area contributed by atoms with E-state index in [0.29, 0.717) is 0 Å². The molecule has 1 aromatic rings. The summed E-state index contributed by atoms with van der Waals surface area (Å²) in [6, 6.07) is 0.596. The largest absolute Gasteiger partial charge is 0.357 e. The number of nitrogens with zero attached hydrogens (tertiary/aromatic N) is 2. The topological polar surface area (TPSA) is 84.0 Å². The Morgan fingerprint density at radius 1 is 1.35 bits per heavy atom. The number of carbonyl (C=O) groups excluding carboxylic acids is 2. The molecule has 0 aromatic carbocycles. The number of carbonyl (C=O) groups is 2. The van der Waals surface area contributed by atoms with E-state index in [-0.39, 0.29) is 21.8 Å². The van der Waals surface area contributed by atoms with E-state index in [1.165, 1.54) is 13.1 Å². The second kappa shape index (κ2) is 5.79. The van der Waals surface area contributed by atoms with Crippen LogP contribution < -0.4 is 10.6 Å². The number of rotatable bonds is 3. The molecule has 92 valence electrons. The monoisotopic (exact) mass is 276 g/mol. The van der Waals surface area contributed by atoms with Crippen LogP contribution >= 0.6 is 23.2 Å². The van der Waals surface area contributed by atoms with E-state index in [2.05, 4.69) is 20.8 Å². The lowest BCUT2D eigenvalue weighted by Crippen LogP contribution is -2.43. The highest BCUT2D eigenvalue weighted by Gasteiger charge is 2.18. The fourth-order valence-electron chi connectivity index (χ4n) is 1.07. The molecule has 2 amide bonds. The van der Waals surface area contributed by atoms with Crippen molar-refractivity contribution in [2.75, 3.05) is 7.05 Å². The molecule has 1 unspecified atom stereocenters. The zero-order valence-electron chi connectivity index (χ0n) is 9.12. The van der Waals surface area contributed by atoms with Gasteiger partial charge in [-0.2, -0.15) is 0 Å². The first-order chi connectivity index (χ1) is 7.95. The third-order valence-corrected chi connectivity index (χ3v) is 2.41. The summed E-state index contributed by atoms with van der Waals surface area (Å²) in [6.07, 6.45) is 0. The van der Waals surface area contributed by atoms with Gasteiger partial charge in [0.1, 0.15) is 6.04 Å². The lowest BCUT2D eigenvalue weighted by atomic mass is 10.2. The fraction of sp³-hybridized carbons (Fsp3) is 0.333. The summed E-state index contributed by atoms with van der Waals surface area (Å²) in [5, 5.41) is 11.8. The maximum absolute atomic E-state index is 11.7.